The van der Waals surface area contributed by atoms with E-state index in [0.29, 0.717) is 5.69 Å². The lowest BCUT2D eigenvalue weighted by Crippen LogP contribution is -2.49. The maximum absolute atomic E-state index is 12.4. The van der Waals surface area contributed by atoms with E-state index in [1.807, 2.05) is 17.0 Å². The number of rotatable bonds is 2. The normalized spacial score (nSPS) is 18.2. The van der Waals surface area contributed by atoms with Crippen LogP contribution in [0.2, 0.25) is 0 Å². The minimum Gasteiger partial charge on any atom is -0.357 e. The molecule has 126 valence electrons. The highest BCUT2D eigenvalue weighted by atomic mass is 16.2. The van der Waals surface area contributed by atoms with E-state index in [0.717, 1.165) is 63.6 Å². The number of nitrogens with zero attached hydrogens (tertiary/aromatic N) is 4. The Morgan fingerprint density at radius 1 is 1.08 bits per heavy atom. The van der Waals surface area contributed by atoms with Crippen molar-refractivity contribution in [2.45, 2.75) is 12.8 Å². The van der Waals surface area contributed by atoms with Crippen LogP contribution in [0.25, 0.3) is 0 Å². The van der Waals surface area contributed by atoms with E-state index >= 15 is 0 Å². The quantitative estimate of drug-likeness (QED) is 0.838. The van der Waals surface area contributed by atoms with Crippen molar-refractivity contribution in [1.82, 2.24) is 25.2 Å². The third-order valence-corrected chi connectivity index (χ3v) is 4.80. The van der Waals surface area contributed by atoms with E-state index in [-0.39, 0.29) is 5.91 Å². The summed E-state index contributed by atoms with van der Waals surface area (Å²) < 4.78 is 0. The fraction of sp³-hybridized carbons (Fsp3) is 0.471. The third-order valence-electron chi connectivity index (χ3n) is 4.80. The van der Waals surface area contributed by atoms with Gasteiger partial charge >= 0.3 is 0 Å². The maximum Gasteiger partial charge on any atom is 0.270 e. The van der Waals surface area contributed by atoms with Crippen molar-refractivity contribution in [1.29, 1.82) is 0 Å². The predicted octanol–water partition coefficient (Wildman–Crippen LogP) is 0.455. The summed E-state index contributed by atoms with van der Waals surface area (Å²) >= 11 is 0. The Hall–Kier alpha value is -2.41. The van der Waals surface area contributed by atoms with E-state index in [2.05, 4.69) is 25.2 Å². The molecule has 1 saturated heterocycles. The summed E-state index contributed by atoms with van der Waals surface area (Å²) in [5.74, 6) is 1.13. The molecule has 0 aliphatic carbocycles. The van der Waals surface area contributed by atoms with Gasteiger partial charge in [-0.05, 0) is 25.1 Å². The van der Waals surface area contributed by atoms with Crippen molar-refractivity contribution in [2.24, 2.45) is 0 Å². The number of aromatic nitrogens is 3. The molecule has 4 heterocycles. The molecule has 0 spiro atoms. The zero-order chi connectivity index (χ0) is 16.4. The van der Waals surface area contributed by atoms with Crippen LogP contribution in [0.5, 0.6) is 0 Å². The zero-order valence-corrected chi connectivity index (χ0v) is 13.7. The molecule has 0 saturated carbocycles. The van der Waals surface area contributed by atoms with Gasteiger partial charge in [0.1, 0.15) is 17.8 Å². The van der Waals surface area contributed by atoms with Gasteiger partial charge in [0.15, 0.2) is 0 Å². The average molecular weight is 326 g/mol. The predicted molar refractivity (Wildman–Crippen MR) is 91.2 cm³/mol. The smallest absolute Gasteiger partial charge is 0.270 e. The SMILES string of the molecule is O=C(c1ccc[nH]1)N1CCN(c2ncnc3c2CCNCC3)CC1. The number of carbonyl (C=O) groups excluding carboxylic acids is 1. The van der Waals surface area contributed by atoms with Crippen LogP contribution in [0.4, 0.5) is 5.82 Å². The monoisotopic (exact) mass is 326 g/mol. The summed E-state index contributed by atoms with van der Waals surface area (Å²) in [6.07, 6.45) is 5.38. The van der Waals surface area contributed by atoms with Gasteiger partial charge in [0, 0.05) is 50.9 Å². The van der Waals surface area contributed by atoms with Gasteiger partial charge in [-0.2, -0.15) is 0 Å². The van der Waals surface area contributed by atoms with E-state index in [1.54, 1.807) is 12.5 Å². The Kier molecular flexibility index (Phi) is 4.17. The van der Waals surface area contributed by atoms with E-state index < -0.39 is 0 Å². The molecule has 7 nitrogen and oxygen atoms in total. The van der Waals surface area contributed by atoms with Crippen LogP contribution < -0.4 is 10.2 Å². The average Bonchev–Trinajstić information content (AvgIpc) is 3.06. The Bertz CT molecular complexity index is 706. The fourth-order valence-electron chi connectivity index (χ4n) is 3.48. The highest BCUT2D eigenvalue weighted by Crippen LogP contribution is 2.23. The van der Waals surface area contributed by atoms with Gasteiger partial charge in [-0.25, -0.2) is 9.97 Å². The van der Waals surface area contributed by atoms with Gasteiger partial charge < -0.3 is 20.1 Å². The molecule has 1 fully saturated rings. The first-order valence-electron chi connectivity index (χ1n) is 8.54. The highest BCUT2D eigenvalue weighted by Gasteiger charge is 2.25. The van der Waals surface area contributed by atoms with Crippen LogP contribution in [0.15, 0.2) is 24.7 Å². The van der Waals surface area contributed by atoms with Gasteiger partial charge in [-0.1, -0.05) is 0 Å². The first kappa shape index (κ1) is 15.1. The number of carbonyl (C=O) groups is 1. The van der Waals surface area contributed by atoms with Crippen LogP contribution in [-0.2, 0) is 12.8 Å². The Labute approximate surface area is 141 Å². The molecular weight excluding hydrogens is 304 g/mol. The number of hydrogen-bond donors (Lipinski definition) is 2. The van der Waals surface area contributed by atoms with Crippen molar-refractivity contribution in [3.05, 3.63) is 41.6 Å². The molecule has 0 aromatic carbocycles. The molecule has 2 aromatic heterocycles. The topological polar surface area (TPSA) is 77.2 Å². The van der Waals surface area contributed by atoms with Gasteiger partial charge in [0.25, 0.3) is 5.91 Å². The highest BCUT2D eigenvalue weighted by molar-refractivity contribution is 5.92. The maximum atomic E-state index is 12.4. The molecule has 2 N–H and O–H groups in total. The van der Waals surface area contributed by atoms with Crippen molar-refractivity contribution in [2.75, 3.05) is 44.2 Å². The molecule has 0 radical (unpaired) electrons. The van der Waals surface area contributed by atoms with Crippen molar-refractivity contribution < 1.29 is 4.79 Å². The molecule has 24 heavy (non-hydrogen) atoms. The number of hydrogen-bond acceptors (Lipinski definition) is 5. The van der Waals surface area contributed by atoms with Crippen molar-refractivity contribution in [3.8, 4) is 0 Å². The molecule has 2 aliphatic heterocycles. The zero-order valence-electron chi connectivity index (χ0n) is 13.7. The van der Waals surface area contributed by atoms with Gasteiger partial charge in [-0.3, -0.25) is 4.79 Å². The van der Waals surface area contributed by atoms with Crippen LogP contribution in [0.1, 0.15) is 21.7 Å². The van der Waals surface area contributed by atoms with Crippen LogP contribution >= 0.6 is 0 Å². The van der Waals surface area contributed by atoms with Gasteiger partial charge in [0.05, 0.1) is 5.69 Å². The lowest BCUT2D eigenvalue weighted by Gasteiger charge is -2.36. The lowest BCUT2D eigenvalue weighted by atomic mass is 10.1. The molecule has 0 unspecified atom stereocenters. The van der Waals surface area contributed by atoms with E-state index in [9.17, 15) is 4.79 Å². The first-order chi connectivity index (χ1) is 11.8. The summed E-state index contributed by atoms with van der Waals surface area (Å²) in [7, 11) is 0. The fourth-order valence-corrected chi connectivity index (χ4v) is 3.48. The largest absolute Gasteiger partial charge is 0.357 e. The molecule has 2 aromatic rings. The van der Waals surface area contributed by atoms with Crippen LogP contribution in [0, 0.1) is 0 Å². The number of anilines is 1. The summed E-state index contributed by atoms with van der Waals surface area (Å²) in [6, 6.07) is 3.68. The number of amides is 1. The Morgan fingerprint density at radius 2 is 1.92 bits per heavy atom. The summed E-state index contributed by atoms with van der Waals surface area (Å²) in [5, 5.41) is 3.42. The minimum absolute atomic E-state index is 0.0744. The summed E-state index contributed by atoms with van der Waals surface area (Å²) in [4.78, 5) is 28.6. The van der Waals surface area contributed by atoms with Gasteiger partial charge in [0.2, 0.25) is 0 Å². The number of nitrogens with one attached hydrogen (secondary N) is 2. The molecule has 0 bridgehead atoms. The molecule has 7 heteroatoms. The van der Waals surface area contributed by atoms with Crippen LogP contribution in [0.3, 0.4) is 0 Å². The number of H-pyrrole nitrogens is 1. The standard InChI is InChI=1S/C17H22N6O/c24-17(15-2-1-5-19-15)23-10-8-22(9-11-23)16-13-3-6-18-7-4-14(13)20-12-21-16/h1-2,5,12,18-19H,3-4,6-11H2. The second-order valence-corrected chi connectivity index (χ2v) is 6.24. The van der Waals surface area contributed by atoms with Crippen LogP contribution in [-0.4, -0.2) is 65.0 Å². The van der Waals surface area contributed by atoms with E-state index in [1.165, 1.54) is 5.56 Å². The van der Waals surface area contributed by atoms with Crippen molar-refractivity contribution >= 4 is 11.7 Å². The second kappa shape index (κ2) is 6.60. The Morgan fingerprint density at radius 3 is 2.71 bits per heavy atom. The molecule has 1 amide bonds. The van der Waals surface area contributed by atoms with Crippen molar-refractivity contribution in [3.63, 3.8) is 0 Å². The van der Waals surface area contributed by atoms with E-state index in [4.69, 9.17) is 0 Å². The lowest BCUT2D eigenvalue weighted by molar-refractivity contribution is 0.0741. The summed E-state index contributed by atoms with van der Waals surface area (Å²) in [5.41, 5.74) is 3.09. The minimum atomic E-state index is 0.0744. The number of piperazine rings is 1. The Balaban J connectivity index is 1.47. The van der Waals surface area contributed by atoms with Gasteiger partial charge in [-0.15, -0.1) is 0 Å². The first-order valence-corrected chi connectivity index (χ1v) is 8.54. The number of aromatic amines is 1. The molecule has 4 rings (SSSR count). The summed E-state index contributed by atoms with van der Waals surface area (Å²) in [6.45, 7) is 5.00. The third kappa shape index (κ3) is 2.87. The number of fused-ring (bicyclic) bond motifs is 1. The molecule has 2 aliphatic rings. The molecular formula is C17H22N6O. The molecule has 0 atom stereocenters. The second-order valence-electron chi connectivity index (χ2n) is 6.24.